The van der Waals surface area contributed by atoms with Gasteiger partial charge in [0.25, 0.3) is 5.91 Å². The molecule has 29 heavy (non-hydrogen) atoms. The topological polar surface area (TPSA) is 84.0 Å². The van der Waals surface area contributed by atoms with Gasteiger partial charge < -0.3 is 5.32 Å². The first-order chi connectivity index (χ1) is 14.0. The van der Waals surface area contributed by atoms with Crippen LogP contribution in [0.2, 0.25) is 5.02 Å². The summed E-state index contributed by atoms with van der Waals surface area (Å²) in [5.41, 5.74) is 1.45. The number of amides is 2. The Morgan fingerprint density at radius 3 is 2.69 bits per heavy atom. The van der Waals surface area contributed by atoms with Crippen molar-refractivity contribution >= 4 is 61.9 Å². The number of hydrogen-bond donors (Lipinski definition) is 2. The summed E-state index contributed by atoms with van der Waals surface area (Å²) in [6.07, 6.45) is 3.63. The third-order valence-electron chi connectivity index (χ3n) is 3.71. The van der Waals surface area contributed by atoms with Crippen LogP contribution in [0.15, 0.2) is 59.1 Å². The number of carbonyl (C=O) groups is 2. The highest BCUT2D eigenvalue weighted by Crippen LogP contribution is 2.16. The molecular formula is C20H16BrClN4O2S. The van der Waals surface area contributed by atoms with Gasteiger partial charge in [-0.2, -0.15) is 0 Å². The van der Waals surface area contributed by atoms with Crippen LogP contribution in [0.1, 0.15) is 20.9 Å². The lowest BCUT2D eigenvalue weighted by atomic mass is 10.2. The molecule has 6 nitrogen and oxygen atoms in total. The molecule has 148 valence electrons. The van der Waals surface area contributed by atoms with E-state index >= 15 is 0 Å². The van der Waals surface area contributed by atoms with Crippen molar-refractivity contribution in [1.82, 2.24) is 15.5 Å². The van der Waals surface area contributed by atoms with Crippen LogP contribution in [0.25, 0.3) is 6.08 Å². The van der Waals surface area contributed by atoms with Crippen LogP contribution in [-0.4, -0.2) is 28.6 Å². The number of aromatic nitrogens is 2. The van der Waals surface area contributed by atoms with E-state index in [4.69, 9.17) is 11.6 Å². The van der Waals surface area contributed by atoms with E-state index in [9.17, 15) is 9.59 Å². The number of nitrogens with one attached hydrogen (secondary N) is 2. The number of hydrogen-bond acceptors (Lipinski definition) is 5. The number of anilines is 1. The maximum Gasteiger partial charge on any atom is 0.251 e. The average molecular weight is 492 g/mol. The smallest absolute Gasteiger partial charge is 0.251 e. The molecule has 0 saturated carbocycles. The monoisotopic (exact) mass is 490 g/mol. The van der Waals surface area contributed by atoms with Crippen molar-refractivity contribution < 1.29 is 9.59 Å². The zero-order chi connectivity index (χ0) is 20.6. The molecule has 0 radical (unpaired) electrons. The van der Waals surface area contributed by atoms with E-state index in [2.05, 4.69) is 36.8 Å². The molecule has 1 heterocycles. The van der Waals surface area contributed by atoms with Gasteiger partial charge in [0.2, 0.25) is 11.0 Å². The molecule has 3 rings (SSSR count). The Balaban J connectivity index is 1.46. The first kappa shape index (κ1) is 21.2. The number of carbonyl (C=O) groups excluding carboxylic acids is 2. The summed E-state index contributed by atoms with van der Waals surface area (Å²) in [7, 11) is 0. The van der Waals surface area contributed by atoms with Crippen molar-refractivity contribution in [1.29, 1.82) is 0 Å². The van der Waals surface area contributed by atoms with Crippen molar-refractivity contribution in [3.05, 3.63) is 80.2 Å². The lowest BCUT2D eigenvalue weighted by Crippen LogP contribution is -2.25. The summed E-state index contributed by atoms with van der Waals surface area (Å²) in [6.45, 7) is 0.421. The van der Waals surface area contributed by atoms with Gasteiger partial charge in [0, 0.05) is 34.1 Å². The van der Waals surface area contributed by atoms with Crippen LogP contribution in [0.5, 0.6) is 0 Å². The Morgan fingerprint density at radius 2 is 1.93 bits per heavy atom. The van der Waals surface area contributed by atoms with Gasteiger partial charge in [0.05, 0.1) is 0 Å². The van der Waals surface area contributed by atoms with Crippen molar-refractivity contribution in [2.24, 2.45) is 0 Å². The summed E-state index contributed by atoms with van der Waals surface area (Å²) < 4.78 is 0.847. The van der Waals surface area contributed by atoms with Crippen molar-refractivity contribution in [3.63, 3.8) is 0 Å². The zero-order valence-electron chi connectivity index (χ0n) is 15.1. The first-order valence-corrected chi connectivity index (χ1v) is 10.6. The van der Waals surface area contributed by atoms with Crippen molar-refractivity contribution in [2.75, 3.05) is 11.9 Å². The van der Waals surface area contributed by atoms with Gasteiger partial charge in [-0.25, -0.2) is 0 Å². The molecule has 0 fully saturated rings. The molecule has 2 aromatic carbocycles. The number of rotatable bonds is 7. The minimum atomic E-state index is -0.300. The van der Waals surface area contributed by atoms with Crippen molar-refractivity contribution in [3.8, 4) is 0 Å². The summed E-state index contributed by atoms with van der Waals surface area (Å²) >= 11 is 10.4. The number of benzene rings is 2. The van der Waals surface area contributed by atoms with E-state index in [1.807, 2.05) is 18.2 Å². The second-order valence-electron chi connectivity index (χ2n) is 5.89. The van der Waals surface area contributed by atoms with Crippen LogP contribution in [-0.2, 0) is 11.2 Å². The molecule has 2 N–H and O–H groups in total. The second kappa shape index (κ2) is 10.3. The zero-order valence-corrected chi connectivity index (χ0v) is 18.2. The minimum Gasteiger partial charge on any atom is -0.352 e. The molecule has 0 aliphatic rings. The molecule has 0 aliphatic carbocycles. The predicted octanol–water partition coefficient (Wildman–Crippen LogP) is 4.58. The minimum absolute atomic E-state index is 0.156. The maximum atomic E-state index is 12.1. The Bertz CT molecular complexity index is 1040. The Kier molecular flexibility index (Phi) is 7.51. The Hall–Kier alpha value is -2.55. The highest BCUT2D eigenvalue weighted by Gasteiger charge is 2.08. The molecule has 0 aliphatic heterocycles. The van der Waals surface area contributed by atoms with Crippen LogP contribution < -0.4 is 10.6 Å². The average Bonchev–Trinajstić information content (AvgIpc) is 3.14. The van der Waals surface area contributed by atoms with Gasteiger partial charge in [-0.3, -0.25) is 14.9 Å². The fourth-order valence-electron chi connectivity index (χ4n) is 2.31. The van der Waals surface area contributed by atoms with E-state index < -0.39 is 0 Å². The summed E-state index contributed by atoms with van der Waals surface area (Å²) in [5, 5.41) is 15.3. The van der Waals surface area contributed by atoms with E-state index in [0.29, 0.717) is 28.7 Å². The third-order valence-corrected chi connectivity index (χ3v) is 5.35. The summed E-state index contributed by atoms with van der Waals surface area (Å²) in [4.78, 5) is 24.1. The van der Waals surface area contributed by atoms with Crippen LogP contribution >= 0.6 is 38.9 Å². The standard InChI is InChI=1S/C20H16BrClN4O2S/c21-15-3-1-2-14(12-15)19(28)23-11-10-18-25-26-20(29-18)24-17(27)9-6-13-4-7-16(22)8-5-13/h1-9,12H,10-11H2,(H,23,28)(H,24,26,27)/b9-6+. The lowest BCUT2D eigenvalue weighted by molar-refractivity contribution is -0.111. The van der Waals surface area contributed by atoms with Gasteiger partial charge in [0.1, 0.15) is 5.01 Å². The fourth-order valence-corrected chi connectivity index (χ4v) is 3.58. The maximum absolute atomic E-state index is 12.1. The highest BCUT2D eigenvalue weighted by atomic mass is 79.9. The molecule has 3 aromatic rings. The Labute approximate surface area is 185 Å². The molecule has 9 heteroatoms. The van der Waals surface area contributed by atoms with E-state index in [1.165, 1.54) is 17.4 Å². The van der Waals surface area contributed by atoms with Gasteiger partial charge in [-0.1, -0.05) is 57.1 Å². The van der Waals surface area contributed by atoms with Crippen molar-refractivity contribution in [2.45, 2.75) is 6.42 Å². The molecular weight excluding hydrogens is 476 g/mol. The molecule has 0 bridgehead atoms. The normalized spacial score (nSPS) is 10.8. The van der Waals surface area contributed by atoms with Gasteiger partial charge in [0.15, 0.2) is 0 Å². The summed E-state index contributed by atoms with van der Waals surface area (Å²) in [5.74, 6) is -0.456. The second-order valence-corrected chi connectivity index (χ2v) is 8.31. The van der Waals surface area contributed by atoms with E-state index in [0.717, 1.165) is 15.0 Å². The van der Waals surface area contributed by atoms with E-state index in [1.54, 1.807) is 36.4 Å². The predicted molar refractivity (Wildman–Crippen MR) is 119 cm³/mol. The largest absolute Gasteiger partial charge is 0.352 e. The van der Waals surface area contributed by atoms with Crippen LogP contribution in [0, 0.1) is 0 Å². The van der Waals surface area contributed by atoms with E-state index in [-0.39, 0.29) is 11.8 Å². The molecule has 0 atom stereocenters. The van der Waals surface area contributed by atoms with Gasteiger partial charge in [-0.05, 0) is 42.0 Å². The van der Waals surface area contributed by atoms with Crippen LogP contribution in [0.4, 0.5) is 5.13 Å². The number of halogens is 2. The Morgan fingerprint density at radius 1 is 1.14 bits per heavy atom. The highest BCUT2D eigenvalue weighted by molar-refractivity contribution is 9.10. The SMILES string of the molecule is O=C(/C=C/c1ccc(Cl)cc1)Nc1nnc(CCNC(=O)c2cccc(Br)c2)s1. The van der Waals surface area contributed by atoms with Gasteiger partial charge in [-0.15, -0.1) is 10.2 Å². The molecule has 1 aromatic heterocycles. The van der Waals surface area contributed by atoms with Gasteiger partial charge >= 0.3 is 0 Å². The molecule has 2 amide bonds. The first-order valence-electron chi connectivity index (χ1n) is 8.60. The summed E-state index contributed by atoms with van der Waals surface area (Å²) in [6, 6.07) is 14.3. The van der Waals surface area contributed by atoms with Crippen LogP contribution in [0.3, 0.4) is 0 Å². The number of nitrogens with zero attached hydrogens (tertiary/aromatic N) is 2. The quantitative estimate of drug-likeness (QED) is 0.474. The third kappa shape index (κ3) is 6.77. The molecule has 0 saturated heterocycles. The molecule has 0 spiro atoms. The molecule has 0 unspecified atom stereocenters. The fraction of sp³-hybridized carbons (Fsp3) is 0.100. The lowest BCUT2D eigenvalue weighted by Gasteiger charge is -2.04.